The summed E-state index contributed by atoms with van der Waals surface area (Å²) >= 11 is 0. The molecule has 1 heterocycles. The summed E-state index contributed by atoms with van der Waals surface area (Å²) in [5.74, 6) is -1.56. The van der Waals surface area contributed by atoms with Gasteiger partial charge in [0, 0.05) is 13.6 Å². The Hall–Kier alpha value is -2.32. The van der Waals surface area contributed by atoms with Gasteiger partial charge in [0.2, 0.25) is 15.9 Å². The number of aryl methyl sites for hydroxylation is 1. The molecule has 0 atom stereocenters. The summed E-state index contributed by atoms with van der Waals surface area (Å²) in [6.45, 7) is -0.106. The summed E-state index contributed by atoms with van der Waals surface area (Å²) in [5.41, 5.74) is 0.949. The summed E-state index contributed by atoms with van der Waals surface area (Å²) in [6.07, 6.45) is 1.34. The minimum Gasteiger partial charge on any atom is -0.308 e. The second-order valence-corrected chi connectivity index (χ2v) is 8.16. The van der Waals surface area contributed by atoms with E-state index in [1.165, 1.54) is 18.0 Å². The van der Waals surface area contributed by atoms with Crippen molar-refractivity contribution in [3.8, 4) is 0 Å². The Morgan fingerprint density at radius 1 is 1.15 bits per heavy atom. The summed E-state index contributed by atoms with van der Waals surface area (Å²) in [4.78, 5) is 13.8. The number of nitrogens with zero attached hydrogens (tertiary/aromatic N) is 2. The number of amides is 1. The van der Waals surface area contributed by atoms with Crippen molar-refractivity contribution in [3.05, 3.63) is 59.7 Å². The zero-order valence-corrected chi connectivity index (χ0v) is 15.0. The van der Waals surface area contributed by atoms with E-state index < -0.39 is 34.1 Å². The Bertz CT molecular complexity index is 930. The molecular formula is C18H18F2N2O3S. The number of benzene rings is 2. The van der Waals surface area contributed by atoms with Gasteiger partial charge in [-0.05, 0) is 48.7 Å². The van der Waals surface area contributed by atoms with E-state index in [4.69, 9.17) is 0 Å². The van der Waals surface area contributed by atoms with Crippen LogP contribution in [-0.4, -0.2) is 38.8 Å². The maximum atomic E-state index is 14.2. The number of para-hydroxylation sites is 1. The van der Waals surface area contributed by atoms with Crippen LogP contribution >= 0.6 is 0 Å². The second kappa shape index (κ2) is 7.13. The molecule has 0 saturated carbocycles. The molecule has 5 nitrogen and oxygen atoms in total. The number of fused-ring (bicyclic) bond motifs is 1. The molecule has 138 valence electrons. The zero-order valence-electron chi connectivity index (χ0n) is 14.2. The van der Waals surface area contributed by atoms with Gasteiger partial charge in [-0.1, -0.05) is 12.1 Å². The largest absolute Gasteiger partial charge is 0.308 e. The molecule has 0 radical (unpaired) electrons. The number of sulfonamides is 1. The second-order valence-electron chi connectivity index (χ2n) is 6.11. The van der Waals surface area contributed by atoms with E-state index in [1.807, 2.05) is 0 Å². The molecule has 3 rings (SSSR count). The van der Waals surface area contributed by atoms with Gasteiger partial charge in [-0.25, -0.2) is 17.2 Å². The molecule has 2 aromatic rings. The van der Waals surface area contributed by atoms with Crippen molar-refractivity contribution in [3.63, 3.8) is 0 Å². The number of hydrogen-bond donors (Lipinski definition) is 0. The van der Waals surface area contributed by atoms with Crippen LogP contribution in [0.15, 0.2) is 47.4 Å². The van der Waals surface area contributed by atoms with Gasteiger partial charge < -0.3 is 4.90 Å². The van der Waals surface area contributed by atoms with Gasteiger partial charge in [-0.15, -0.1) is 0 Å². The Balaban J connectivity index is 1.82. The molecule has 1 amide bonds. The molecule has 0 spiro atoms. The summed E-state index contributed by atoms with van der Waals surface area (Å²) in [7, 11) is -2.68. The third-order valence-corrected chi connectivity index (χ3v) is 6.17. The first-order chi connectivity index (χ1) is 12.3. The monoisotopic (exact) mass is 380 g/mol. The lowest BCUT2D eigenvalue weighted by molar-refractivity contribution is -0.118. The fourth-order valence-electron chi connectivity index (χ4n) is 3.00. The summed E-state index contributed by atoms with van der Waals surface area (Å²) in [6, 6.07) is 8.99. The average molecular weight is 380 g/mol. The molecule has 0 aliphatic carbocycles. The predicted octanol–water partition coefficient (Wildman–Crippen LogP) is 2.56. The van der Waals surface area contributed by atoms with Gasteiger partial charge in [-0.3, -0.25) is 4.79 Å². The third kappa shape index (κ3) is 3.47. The van der Waals surface area contributed by atoms with E-state index in [0.29, 0.717) is 19.4 Å². The Kier molecular flexibility index (Phi) is 5.06. The highest BCUT2D eigenvalue weighted by atomic mass is 32.2. The highest BCUT2D eigenvalue weighted by Gasteiger charge is 2.29. The van der Waals surface area contributed by atoms with Gasteiger partial charge in [0.15, 0.2) is 0 Å². The first kappa shape index (κ1) is 18.5. The van der Waals surface area contributed by atoms with E-state index in [2.05, 4.69) is 0 Å². The average Bonchev–Trinajstić information content (AvgIpc) is 2.61. The smallest absolute Gasteiger partial charge is 0.243 e. The number of rotatable bonds is 4. The lowest BCUT2D eigenvalue weighted by Crippen LogP contribution is -2.43. The summed E-state index contributed by atoms with van der Waals surface area (Å²) < 4.78 is 53.1. The minimum absolute atomic E-state index is 0.112. The topological polar surface area (TPSA) is 57.7 Å². The van der Waals surface area contributed by atoms with Crippen molar-refractivity contribution in [2.75, 3.05) is 25.0 Å². The van der Waals surface area contributed by atoms with Crippen LogP contribution in [0.4, 0.5) is 14.5 Å². The lowest BCUT2D eigenvalue weighted by atomic mass is 10.0. The molecule has 0 aromatic heterocycles. The van der Waals surface area contributed by atoms with Crippen LogP contribution in [0.5, 0.6) is 0 Å². The molecule has 0 unspecified atom stereocenters. The molecular weight excluding hydrogens is 362 g/mol. The number of anilines is 1. The van der Waals surface area contributed by atoms with Gasteiger partial charge in [0.25, 0.3) is 0 Å². The van der Waals surface area contributed by atoms with E-state index in [0.717, 1.165) is 34.1 Å². The number of carbonyl (C=O) groups is 1. The van der Waals surface area contributed by atoms with Crippen LogP contribution in [0.1, 0.15) is 12.0 Å². The van der Waals surface area contributed by atoms with Crippen LogP contribution in [0.25, 0.3) is 0 Å². The SMILES string of the molecule is CN(CC(=O)N1CCCc2cccc(F)c21)S(=O)(=O)c1ccc(F)cc1. The molecule has 0 fully saturated rings. The number of carbonyl (C=O) groups excluding carboxylic acids is 1. The Morgan fingerprint density at radius 2 is 1.85 bits per heavy atom. The van der Waals surface area contributed by atoms with E-state index in [-0.39, 0.29) is 10.6 Å². The van der Waals surface area contributed by atoms with Crippen LogP contribution in [0.3, 0.4) is 0 Å². The van der Waals surface area contributed by atoms with Crippen molar-refractivity contribution >= 4 is 21.6 Å². The Morgan fingerprint density at radius 3 is 2.54 bits per heavy atom. The number of hydrogen-bond acceptors (Lipinski definition) is 3. The Labute approximate surface area is 150 Å². The minimum atomic E-state index is -3.95. The first-order valence-corrected chi connectivity index (χ1v) is 9.54. The molecule has 1 aliphatic heterocycles. The fourth-order valence-corrected chi connectivity index (χ4v) is 4.12. The molecule has 1 aliphatic rings. The van der Waals surface area contributed by atoms with Crippen LogP contribution in [0.2, 0.25) is 0 Å². The predicted molar refractivity (Wildman–Crippen MR) is 93.3 cm³/mol. The highest BCUT2D eigenvalue weighted by molar-refractivity contribution is 7.89. The zero-order chi connectivity index (χ0) is 18.9. The van der Waals surface area contributed by atoms with Gasteiger partial charge in [-0.2, -0.15) is 4.31 Å². The molecule has 0 bridgehead atoms. The lowest BCUT2D eigenvalue weighted by Gasteiger charge is -2.31. The van der Waals surface area contributed by atoms with Crippen LogP contribution in [-0.2, 0) is 21.2 Å². The molecule has 8 heteroatoms. The van der Waals surface area contributed by atoms with Gasteiger partial charge >= 0.3 is 0 Å². The van der Waals surface area contributed by atoms with Crippen LogP contribution in [0, 0.1) is 11.6 Å². The van der Waals surface area contributed by atoms with Crippen molar-refractivity contribution in [1.82, 2.24) is 4.31 Å². The maximum absolute atomic E-state index is 14.2. The maximum Gasteiger partial charge on any atom is 0.243 e. The third-order valence-electron chi connectivity index (χ3n) is 4.35. The summed E-state index contributed by atoms with van der Waals surface area (Å²) in [5, 5.41) is 0. The quantitative estimate of drug-likeness (QED) is 0.819. The van der Waals surface area contributed by atoms with Crippen LogP contribution < -0.4 is 4.90 Å². The number of likely N-dealkylation sites (N-methyl/N-ethyl adjacent to an activating group) is 1. The van der Waals surface area contributed by atoms with E-state index in [9.17, 15) is 22.0 Å². The molecule has 0 saturated heterocycles. The number of halogens is 2. The van der Waals surface area contributed by atoms with E-state index in [1.54, 1.807) is 12.1 Å². The first-order valence-electron chi connectivity index (χ1n) is 8.10. The van der Waals surface area contributed by atoms with Crippen molar-refractivity contribution < 1.29 is 22.0 Å². The van der Waals surface area contributed by atoms with Crippen molar-refractivity contribution in [1.29, 1.82) is 0 Å². The highest BCUT2D eigenvalue weighted by Crippen LogP contribution is 2.30. The standard InChI is InChI=1S/C18H18F2N2O3S/c1-21(26(24,25)15-9-7-14(19)8-10-15)12-17(23)22-11-3-5-13-4-2-6-16(20)18(13)22/h2,4,6-10H,3,5,11-12H2,1H3. The molecule has 26 heavy (non-hydrogen) atoms. The normalized spacial score (nSPS) is 14.4. The van der Waals surface area contributed by atoms with Gasteiger partial charge in [0.1, 0.15) is 11.6 Å². The van der Waals surface area contributed by atoms with Gasteiger partial charge in [0.05, 0.1) is 17.1 Å². The fraction of sp³-hybridized carbons (Fsp3) is 0.278. The van der Waals surface area contributed by atoms with Crippen molar-refractivity contribution in [2.24, 2.45) is 0 Å². The molecule has 0 N–H and O–H groups in total. The van der Waals surface area contributed by atoms with E-state index >= 15 is 0 Å². The van der Waals surface area contributed by atoms with Crippen molar-refractivity contribution in [2.45, 2.75) is 17.7 Å². The molecule has 2 aromatic carbocycles.